The molecule has 9 heteroatoms. The van der Waals surface area contributed by atoms with Crippen molar-refractivity contribution in [1.29, 1.82) is 0 Å². The fourth-order valence-electron chi connectivity index (χ4n) is 3.77. The Morgan fingerprint density at radius 1 is 1.00 bits per heavy atom. The van der Waals surface area contributed by atoms with Gasteiger partial charge in [-0.1, -0.05) is 17.7 Å². The number of benzene rings is 2. The molecule has 1 amide bonds. The molecule has 1 N–H and O–H groups in total. The van der Waals surface area contributed by atoms with Gasteiger partial charge in [-0.15, -0.1) is 0 Å². The number of hydrogen-bond donors (Lipinski definition) is 1. The molecule has 3 heterocycles. The maximum atomic E-state index is 12.8. The predicted octanol–water partition coefficient (Wildman–Crippen LogP) is 4.11. The second-order valence-corrected chi connectivity index (χ2v) is 9.82. The predicted molar refractivity (Wildman–Crippen MR) is 122 cm³/mol. The first kappa shape index (κ1) is 21.0. The van der Waals surface area contributed by atoms with Gasteiger partial charge in [0.05, 0.1) is 29.4 Å². The van der Waals surface area contributed by atoms with E-state index < -0.39 is 10.0 Å². The van der Waals surface area contributed by atoms with Crippen LogP contribution in [0.5, 0.6) is 0 Å². The molecule has 0 spiro atoms. The normalized spacial score (nSPS) is 18.0. The molecule has 2 aromatic carbocycles. The average Bonchev–Trinajstić information content (AvgIpc) is 3.39. The number of morpholine rings is 1. The summed E-state index contributed by atoms with van der Waals surface area (Å²) in [5.41, 5.74) is 2.65. The van der Waals surface area contributed by atoms with Crippen molar-refractivity contribution in [3.05, 3.63) is 70.9 Å². The number of rotatable bonds is 4. The van der Waals surface area contributed by atoms with Crippen molar-refractivity contribution in [2.45, 2.75) is 4.90 Å². The fraction of sp³-hybridized carbons (Fsp3) is 0.174. The molecule has 164 valence electrons. The Morgan fingerprint density at radius 3 is 2.50 bits per heavy atom. The summed E-state index contributed by atoms with van der Waals surface area (Å²) in [5.74, 6) is 0.859. The van der Waals surface area contributed by atoms with Crippen molar-refractivity contribution >= 4 is 44.9 Å². The topological polar surface area (TPSA) is 88.9 Å². The lowest BCUT2D eigenvalue weighted by Gasteiger charge is -2.26. The van der Waals surface area contributed by atoms with Crippen LogP contribution >= 0.6 is 11.6 Å². The molecular weight excluding hydrogens is 452 g/mol. The number of halogens is 1. The number of sulfonamides is 1. The van der Waals surface area contributed by atoms with Crippen LogP contribution in [-0.2, 0) is 19.6 Å². The summed E-state index contributed by atoms with van der Waals surface area (Å²) >= 11 is 6.00. The Morgan fingerprint density at radius 2 is 1.75 bits per heavy atom. The van der Waals surface area contributed by atoms with Crippen LogP contribution in [0, 0.1) is 0 Å². The van der Waals surface area contributed by atoms with E-state index in [2.05, 4.69) is 5.32 Å². The molecule has 0 atom stereocenters. The third kappa shape index (κ3) is 3.86. The van der Waals surface area contributed by atoms with E-state index in [1.807, 2.05) is 0 Å². The van der Waals surface area contributed by atoms with Crippen molar-refractivity contribution < 1.29 is 22.4 Å². The van der Waals surface area contributed by atoms with Crippen molar-refractivity contribution in [3.63, 3.8) is 0 Å². The summed E-state index contributed by atoms with van der Waals surface area (Å²) in [4.78, 5) is 12.6. The zero-order valence-electron chi connectivity index (χ0n) is 16.9. The molecule has 0 radical (unpaired) electrons. The minimum absolute atomic E-state index is 0.224. The van der Waals surface area contributed by atoms with Gasteiger partial charge in [-0.3, -0.25) is 4.79 Å². The third-order valence-electron chi connectivity index (χ3n) is 5.42. The van der Waals surface area contributed by atoms with Gasteiger partial charge in [0.2, 0.25) is 10.0 Å². The first-order chi connectivity index (χ1) is 15.4. The number of amides is 1. The smallest absolute Gasteiger partial charge is 0.256 e. The maximum absolute atomic E-state index is 12.8. The number of carbonyl (C=O) groups excluding carboxylic acids is 1. The Hall–Kier alpha value is -2.91. The largest absolute Gasteiger partial charge is 0.457 e. The molecular formula is C23H19ClN2O5S. The summed E-state index contributed by atoms with van der Waals surface area (Å²) in [6.45, 7) is 1.50. The summed E-state index contributed by atoms with van der Waals surface area (Å²) in [6, 6.07) is 15.3. The molecule has 0 bridgehead atoms. The maximum Gasteiger partial charge on any atom is 0.256 e. The molecule has 0 unspecified atom stereocenters. The Bertz CT molecular complexity index is 1320. The standard InChI is InChI=1S/C23H19ClN2O5S/c24-16-3-7-19-20(23(27)25-21(19)13-16)14-17-4-8-22(31-17)15-1-5-18(6-2-15)32(28,29)26-9-11-30-12-10-26/h1-8,13-14H,9-12H2,(H,25,27). The second kappa shape index (κ2) is 8.22. The van der Waals surface area contributed by atoms with E-state index in [0.717, 1.165) is 11.1 Å². The molecule has 5 rings (SSSR count). The minimum atomic E-state index is -3.55. The van der Waals surface area contributed by atoms with Crippen molar-refractivity contribution in [2.24, 2.45) is 0 Å². The number of nitrogens with zero attached hydrogens (tertiary/aromatic N) is 1. The SMILES string of the molecule is O=C1Nc2cc(Cl)ccc2C1=Cc1ccc(-c2ccc(S(=O)(=O)N3CCOCC3)cc2)o1. The van der Waals surface area contributed by atoms with Gasteiger partial charge < -0.3 is 14.5 Å². The van der Waals surface area contributed by atoms with E-state index >= 15 is 0 Å². The molecule has 0 saturated carbocycles. The van der Waals surface area contributed by atoms with Gasteiger partial charge in [-0.2, -0.15) is 4.31 Å². The van der Waals surface area contributed by atoms with E-state index in [4.69, 9.17) is 20.8 Å². The first-order valence-corrected chi connectivity index (χ1v) is 11.8. The van der Waals surface area contributed by atoms with Gasteiger partial charge in [0, 0.05) is 29.2 Å². The first-order valence-electron chi connectivity index (χ1n) is 10.0. The van der Waals surface area contributed by atoms with Crippen LogP contribution < -0.4 is 5.32 Å². The fourth-order valence-corrected chi connectivity index (χ4v) is 5.35. The molecule has 1 aromatic heterocycles. The van der Waals surface area contributed by atoms with E-state index in [-0.39, 0.29) is 10.8 Å². The zero-order chi connectivity index (χ0) is 22.3. The summed E-state index contributed by atoms with van der Waals surface area (Å²) in [6.07, 6.45) is 1.68. The Labute approximate surface area is 190 Å². The Balaban J connectivity index is 1.39. The molecule has 32 heavy (non-hydrogen) atoms. The molecule has 0 aliphatic carbocycles. The number of ether oxygens (including phenoxy) is 1. The number of carbonyl (C=O) groups is 1. The molecule has 1 fully saturated rings. The van der Waals surface area contributed by atoms with Gasteiger partial charge in [-0.05, 0) is 54.6 Å². The van der Waals surface area contributed by atoms with Crippen LogP contribution in [0.15, 0.2) is 63.9 Å². The van der Waals surface area contributed by atoms with E-state index in [1.165, 1.54) is 4.31 Å². The van der Waals surface area contributed by atoms with Crippen LogP contribution in [0.1, 0.15) is 11.3 Å². The van der Waals surface area contributed by atoms with Crippen LogP contribution in [-0.4, -0.2) is 44.9 Å². The summed E-state index contributed by atoms with van der Waals surface area (Å²) in [5, 5.41) is 3.34. The van der Waals surface area contributed by atoms with Crippen molar-refractivity contribution in [1.82, 2.24) is 4.31 Å². The zero-order valence-corrected chi connectivity index (χ0v) is 18.4. The van der Waals surface area contributed by atoms with Crippen LogP contribution in [0.2, 0.25) is 5.02 Å². The molecule has 2 aliphatic heterocycles. The molecule has 2 aliphatic rings. The highest BCUT2D eigenvalue weighted by Gasteiger charge is 2.27. The quantitative estimate of drug-likeness (QED) is 0.579. The number of furan rings is 1. The second-order valence-electron chi connectivity index (χ2n) is 7.44. The summed E-state index contributed by atoms with van der Waals surface area (Å²) < 4.78 is 38.1. The van der Waals surface area contributed by atoms with Crippen molar-refractivity contribution in [3.8, 4) is 11.3 Å². The number of anilines is 1. The lowest BCUT2D eigenvalue weighted by atomic mass is 10.1. The Kier molecular flexibility index (Phi) is 5.38. The van der Waals surface area contributed by atoms with E-state index in [9.17, 15) is 13.2 Å². The highest BCUT2D eigenvalue weighted by molar-refractivity contribution is 7.89. The number of hydrogen-bond acceptors (Lipinski definition) is 5. The van der Waals surface area contributed by atoms with Gasteiger partial charge in [-0.25, -0.2) is 8.42 Å². The lowest BCUT2D eigenvalue weighted by Crippen LogP contribution is -2.40. The van der Waals surface area contributed by atoms with E-state index in [1.54, 1.807) is 60.7 Å². The van der Waals surface area contributed by atoms with Gasteiger partial charge in [0.25, 0.3) is 5.91 Å². The van der Waals surface area contributed by atoms with E-state index in [0.29, 0.717) is 54.1 Å². The average molecular weight is 471 g/mol. The highest BCUT2D eigenvalue weighted by atomic mass is 35.5. The van der Waals surface area contributed by atoms with Crippen molar-refractivity contribution in [2.75, 3.05) is 31.6 Å². The highest BCUT2D eigenvalue weighted by Crippen LogP contribution is 2.35. The van der Waals surface area contributed by atoms with Gasteiger partial charge in [0.15, 0.2) is 0 Å². The number of nitrogens with one attached hydrogen (secondary N) is 1. The monoisotopic (exact) mass is 470 g/mol. The summed E-state index contributed by atoms with van der Waals surface area (Å²) in [7, 11) is -3.55. The minimum Gasteiger partial charge on any atom is -0.457 e. The number of fused-ring (bicyclic) bond motifs is 1. The third-order valence-corrected chi connectivity index (χ3v) is 7.57. The molecule has 1 saturated heterocycles. The van der Waals surface area contributed by atoms with Gasteiger partial charge in [0.1, 0.15) is 11.5 Å². The van der Waals surface area contributed by atoms with Gasteiger partial charge >= 0.3 is 0 Å². The molecule has 7 nitrogen and oxygen atoms in total. The lowest BCUT2D eigenvalue weighted by molar-refractivity contribution is -0.110. The molecule has 3 aromatic rings. The van der Waals surface area contributed by atoms with Crippen LogP contribution in [0.25, 0.3) is 23.0 Å². The van der Waals surface area contributed by atoms with Crippen LogP contribution in [0.3, 0.4) is 0 Å². The van der Waals surface area contributed by atoms with Crippen LogP contribution in [0.4, 0.5) is 5.69 Å².